The molecule has 1 aromatic heterocycles. The van der Waals surface area contributed by atoms with E-state index in [0.29, 0.717) is 10.9 Å². The smallest absolute Gasteiger partial charge is 0.665 e. The Bertz CT molecular complexity index is 606. The Morgan fingerprint density at radius 2 is 2.14 bits per heavy atom. The third-order valence-electron chi connectivity index (χ3n) is 2.76. The third-order valence-corrected chi connectivity index (χ3v) is 2.76. The number of rotatable bonds is 5. The zero-order chi connectivity index (χ0) is 13.0. The van der Waals surface area contributed by atoms with E-state index in [1.54, 1.807) is 19.4 Å². The Morgan fingerprint density at radius 3 is 2.81 bits per heavy atom. The van der Waals surface area contributed by atoms with Gasteiger partial charge in [-0.05, 0) is 11.7 Å². The largest absolute Gasteiger partial charge is 1.00 e. The first-order valence-corrected chi connectivity index (χ1v) is 5.94. The molecule has 2 rings (SSSR count). The molecule has 0 atom stereocenters. The molecule has 0 aliphatic carbocycles. The first-order valence-electron chi connectivity index (χ1n) is 5.94. The van der Waals surface area contributed by atoms with Crippen molar-refractivity contribution < 1.29 is 112 Å². The van der Waals surface area contributed by atoms with Crippen molar-refractivity contribution in [3.05, 3.63) is 59.2 Å². The third kappa shape index (κ3) is 7.39. The van der Waals surface area contributed by atoms with Gasteiger partial charge in [0.15, 0.2) is 0 Å². The van der Waals surface area contributed by atoms with Crippen LogP contribution in [0.2, 0.25) is 0 Å². The molecule has 4 nitrogen and oxygen atoms in total. The summed E-state index contributed by atoms with van der Waals surface area (Å²) in [4.78, 5) is 16.4. The zero-order valence-corrected chi connectivity index (χ0v) is 23.1. The second-order valence-corrected chi connectivity index (χ2v) is 4.17. The van der Waals surface area contributed by atoms with Gasteiger partial charge in [-0.2, -0.15) is 31.7 Å². The monoisotopic (exact) mass is 600 g/mol. The van der Waals surface area contributed by atoms with Crippen LogP contribution in [0, 0.1) is 13.5 Å². The van der Waals surface area contributed by atoms with E-state index in [0.717, 1.165) is 24.9 Å². The molecular weight excluding hydrogens is 584 g/mol. The Kier molecular flexibility index (Phi) is 15.4. The summed E-state index contributed by atoms with van der Waals surface area (Å²) < 4.78 is 1.54. The molecule has 1 aromatic carbocycles. The standard InChI is InChI=1S/C14H16N3O.Rb.W.Y/c1-11-5-6-13-12(9-11)14(18)17(10-16-13)8-4-3-7-15-2;;;/h5-6,8-10H,1,3-4,7H2,2H3;;;/q-3;+1;;. The van der Waals surface area contributed by atoms with Crippen LogP contribution < -0.4 is 63.7 Å². The van der Waals surface area contributed by atoms with Gasteiger partial charge in [0, 0.05) is 59.3 Å². The van der Waals surface area contributed by atoms with Gasteiger partial charge in [-0.3, -0.25) is 0 Å². The molecule has 7 heteroatoms. The van der Waals surface area contributed by atoms with Gasteiger partial charge in [-0.25, -0.2) is 0 Å². The molecule has 0 saturated carbocycles. The summed E-state index contributed by atoms with van der Waals surface area (Å²) in [5, 5.41) is 4.63. The van der Waals surface area contributed by atoms with E-state index in [-0.39, 0.29) is 118 Å². The minimum absolute atomic E-state index is 0. The van der Waals surface area contributed by atoms with Crippen LogP contribution in [0.5, 0.6) is 0 Å². The molecule has 1 radical (unpaired) electrons. The van der Waals surface area contributed by atoms with Crippen molar-refractivity contribution in [1.82, 2.24) is 9.55 Å². The van der Waals surface area contributed by atoms with Gasteiger partial charge in [0.1, 0.15) is 5.56 Å². The quantitative estimate of drug-likeness (QED) is 0.340. The number of unbranched alkanes of at least 4 members (excludes halogenated alkanes) is 1. The van der Waals surface area contributed by atoms with Crippen molar-refractivity contribution in [2.24, 2.45) is 0 Å². The maximum absolute atomic E-state index is 12.2. The summed E-state index contributed by atoms with van der Waals surface area (Å²) >= 11 is 0. The van der Waals surface area contributed by atoms with Gasteiger partial charge in [-0.15, -0.1) is 13.1 Å². The maximum atomic E-state index is 12.2. The average Bonchev–Trinajstić information content (AvgIpc) is 2.38. The summed E-state index contributed by atoms with van der Waals surface area (Å²) in [5.74, 6) is 0. The van der Waals surface area contributed by atoms with Crippen LogP contribution in [-0.4, -0.2) is 23.1 Å². The molecule has 0 N–H and O–H groups in total. The molecule has 2 aromatic rings. The first kappa shape index (κ1) is 24.9. The molecule has 21 heavy (non-hydrogen) atoms. The Hall–Kier alpha value is 1.66. The Morgan fingerprint density at radius 1 is 1.43 bits per heavy atom. The van der Waals surface area contributed by atoms with Gasteiger partial charge in [-0.1, -0.05) is 18.9 Å². The van der Waals surface area contributed by atoms with Crippen LogP contribution >= 0.6 is 0 Å². The number of aromatic nitrogens is 2. The molecule has 0 unspecified atom stereocenters. The molecule has 0 bridgehead atoms. The maximum Gasteiger partial charge on any atom is 1.00 e. The fraction of sp³-hybridized carbons (Fsp3) is 0.286. The van der Waals surface area contributed by atoms with Crippen molar-refractivity contribution in [3.63, 3.8) is 0 Å². The van der Waals surface area contributed by atoms with Gasteiger partial charge >= 0.3 is 58.2 Å². The van der Waals surface area contributed by atoms with E-state index in [4.69, 9.17) is 0 Å². The van der Waals surface area contributed by atoms with Crippen molar-refractivity contribution >= 4 is 10.9 Å². The number of nitrogens with zero attached hydrogens (tertiary/aromatic N) is 3. The summed E-state index contributed by atoms with van der Waals surface area (Å²) in [6, 6.07) is 5.45. The SMILES string of the molecule is [CH2-]c1ccc2ncn([CH-]CCC[N-]C)c(=O)c2c1.[Rb+].[W].[Y]. The predicted molar refractivity (Wildman–Crippen MR) is 73.5 cm³/mol. The molecule has 0 saturated heterocycles. The molecule has 0 aliphatic heterocycles. The molecular formula is C14H16N3ORbWY-2. The number of hydrogen-bond donors (Lipinski definition) is 0. The molecule has 0 amide bonds. The fourth-order valence-corrected chi connectivity index (χ4v) is 1.79. The van der Waals surface area contributed by atoms with Crippen LogP contribution in [0.4, 0.5) is 0 Å². The Balaban J connectivity index is 0. The second-order valence-electron chi connectivity index (χ2n) is 4.17. The summed E-state index contributed by atoms with van der Waals surface area (Å²) in [6.45, 7) is 6.50. The van der Waals surface area contributed by atoms with Crippen molar-refractivity contribution in [3.8, 4) is 0 Å². The van der Waals surface area contributed by atoms with Crippen molar-refractivity contribution in [2.45, 2.75) is 12.8 Å². The minimum Gasteiger partial charge on any atom is -0.665 e. The van der Waals surface area contributed by atoms with Crippen LogP contribution in [-0.2, 0) is 53.8 Å². The van der Waals surface area contributed by atoms with Crippen molar-refractivity contribution in [2.75, 3.05) is 13.6 Å². The minimum atomic E-state index is -0.0427. The second kappa shape index (κ2) is 13.0. The summed E-state index contributed by atoms with van der Waals surface area (Å²) in [6.07, 6.45) is 3.32. The van der Waals surface area contributed by atoms with Gasteiger partial charge < -0.3 is 19.7 Å². The van der Waals surface area contributed by atoms with Crippen LogP contribution in [0.15, 0.2) is 29.3 Å². The Labute approximate surface area is 214 Å². The number of hydrogen-bond acceptors (Lipinski definition) is 2. The fourth-order valence-electron chi connectivity index (χ4n) is 1.79. The summed E-state index contributed by atoms with van der Waals surface area (Å²) in [7, 11) is 1.79. The van der Waals surface area contributed by atoms with E-state index >= 15 is 0 Å². The van der Waals surface area contributed by atoms with E-state index in [2.05, 4.69) is 17.2 Å². The molecule has 1 heterocycles. The van der Waals surface area contributed by atoms with E-state index < -0.39 is 0 Å². The van der Waals surface area contributed by atoms with Crippen LogP contribution in [0.3, 0.4) is 0 Å². The van der Waals surface area contributed by atoms with Gasteiger partial charge in [0.05, 0.1) is 0 Å². The molecule has 105 valence electrons. The van der Waals surface area contributed by atoms with Gasteiger partial charge in [0.25, 0.3) is 0 Å². The topological polar surface area (TPSA) is 49.0 Å². The normalized spacial score (nSPS) is 9.19. The summed E-state index contributed by atoms with van der Waals surface area (Å²) in [5.41, 5.74) is 1.49. The molecule has 0 spiro atoms. The zero-order valence-electron chi connectivity index (χ0n) is 12.5. The van der Waals surface area contributed by atoms with Crippen LogP contribution in [0.25, 0.3) is 16.2 Å². The van der Waals surface area contributed by atoms with Crippen LogP contribution in [0.1, 0.15) is 18.4 Å². The van der Waals surface area contributed by atoms with Gasteiger partial charge in [0.2, 0.25) is 0 Å². The molecule has 0 fully saturated rings. The van der Waals surface area contributed by atoms with E-state index in [9.17, 15) is 4.79 Å². The van der Waals surface area contributed by atoms with E-state index in [1.807, 2.05) is 18.7 Å². The van der Waals surface area contributed by atoms with E-state index in [1.165, 1.54) is 4.57 Å². The predicted octanol–water partition coefficient (Wildman–Crippen LogP) is -0.629. The van der Waals surface area contributed by atoms with Crippen molar-refractivity contribution in [1.29, 1.82) is 0 Å². The molecule has 0 aliphatic rings. The number of benzene rings is 1. The first-order chi connectivity index (χ1) is 8.72. The average molecular weight is 601 g/mol. The number of fused-ring (bicyclic) bond motifs is 1.